The third-order valence-corrected chi connectivity index (χ3v) is 4.01. The minimum absolute atomic E-state index is 0.0333. The Hall–Kier alpha value is -0.610. The van der Waals surface area contributed by atoms with Gasteiger partial charge < -0.3 is 10.6 Å². The van der Waals surface area contributed by atoms with Gasteiger partial charge in [-0.05, 0) is 58.2 Å². The second-order valence-corrected chi connectivity index (χ2v) is 6.30. The van der Waals surface area contributed by atoms with Crippen molar-refractivity contribution in [1.82, 2.24) is 15.5 Å². The minimum Gasteiger partial charge on any atom is -0.355 e. The zero-order valence-corrected chi connectivity index (χ0v) is 13.0. The summed E-state index contributed by atoms with van der Waals surface area (Å²) in [6.07, 6.45) is 3.58. The summed E-state index contributed by atoms with van der Waals surface area (Å²) in [5, 5.41) is 6.46. The van der Waals surface area contributed by atoms with Crippen LogP contribution in [0.1, 0.15) is 40.0 Å². The Morgan fingerprint density at radius 3 is 2.74 bits per heavy atom. The number of rotatable bonds is 7. The van der Waals surface area contributed by atoms with E-state index in [1.54, 1.807) is 0 Å². The molecule has 19 heavy (non-hydrogen) atoms. The standard InChI is InChI=1S/C15H31N3O/c1-12(2)7-9-17-15(19)13(3)18(4)11-14-6-5-8-16-10-14/h12-14,16H,5-11H2,1-4H3,(H,17,19). The molecule has 0 aromatic carbocycles. The predicted molar refractivity (Wildman–Crippen MR) is 80.2 cm³/mol. The van der Waals surface area contributed by atoms with Gasteiger partial charge in [0.25, 0.3) is 0 Å². The van der Waals surface area contributed by atoms with Gasteiger partial charge in [0, 0.05) is 13.1 Å². The molecule has 0 radical (unpaired) electrons. The molecule has 0 aliphatic carbocycles. The number of likely N-dealkylation sites (N-methyl/N-ethyl adjacent to an activating group) is 1. The average Bonchev–Trinajstić information content (AvgIpc) is 2.38. The second kappa shape index (κ2) is 8.54. The van der Waals surface area contributed by atoms with E-state index in [2.05, 4.69) is 36.4 Å². The molecule has 1 amide bonds. The van der Waals surface area contributed by atoms with Gasteiger partial charge in [0.15, 0.2) is 0 Å². The van der Waals surface area contributed by atoms with Gasteiger partial charge in [-0.3, -0.25) is 9.69 Å². The lowest BCUT2D eigenvalue weighted by Gasteiger charge is -2.30. The zero-order chi connectivity index (χ0) is 14.3. The number of nitrogens with one attached hydrogen (secondary N) is 2. The molecule has 0 saturated carbocycles. The van der Waals surface area contributed by atoms with Crippen LogP contribution >= 0.6 is 0 Å². The summed E-state index contributed by atoms with van der Waals surface area (Å²) in [5.74, 6) is 1.48. The highest BCUT2D eigenvalue weighted by molar-refractivity contribution is 5.81. The molecular formula is C15H31N3O. The van der Waals surface area contributed by atoms with Crippen LogP contribution in [-0.4, -0.2) is 50.1 Å². The normalized spacial score (nSPS) is 21.7. The molecule has 4 heteroatoms. The van der Waals surface area contributed by atoms with E-state index in [0.717, 1.165) is 32.6 Å². The molecule has 1 rings (SSSR count). The summed E-state index contributed by atoms with van der Waals surface area (Å²) < 4.78 is 0. The summed E-state index contributed by atoms with van der Waals surface area (Å²) in [6.45, 7) is 10.4. The fraction of sp³-hybridized carbons (Fsp3) is 0.933. The van der Waals surface area contributed by atoms with Crippen LogP contribution in [0.2, 0.25) is 0 Å². The van der Waals surface area contributed by atoms with Crippen LogP contribution in [0.4, 0.5) is 0 Å². The van der Waals surface area contributed by atoms with Crippen molar-refractivity contribution in [2.45, 2.75) is 46.1 Å². The number of carbonyl (C=O) groups is 1. The first-order chi connectivity index (χ1) is 9.00. The summed E-state index contributed by atoms with van der Waals surface area (Å²) in [6, 6.07) is -0.0333. The molecule has 4 nitrogen and oxygen atoms in total. The van der Waals surface area contributed by atoms with E-state index in [-0.39, 0.29) is 11.9 Å². The van der Waals surface area contributed by atoms with Crippen LogP contribution in [0, 0.1) is 11.8 Å². The third kappa shape index (κ3) is 6.39. The smallest absolute Gasteiger partial charge is 0.237 e. The maximum Gasteiger partial charge on any atom is 0.237 e. The van der Waals surface area contributed by atoms with Gasteiger partial charge in [-0.1, -0.05) is 13.8 Å². The Labute approximate surface area is 118 Å². The average molecular weight is 269 g/mol. The molecular weight excluding hydrogens is 238 g/mol. The van der Waals surface area contributed by atoms with Gasteiger partial charge in [0.1, 0.15) is 0 Å². The van der Waals surface area contributed by atoms with Crippen LogP contribution in [0.15, 0.2) is 0 Å². The fourth-order valence-electron chi connectivity index (χ4n) is 2.48. The van der Waals surface area contributed by atoms with Gasteiger partial charge in [0.05, 0.1) is 6.04 Å². The first kappa shape index (κ1) is 16.4. The molecule has 1 aliphatic rings. The van der Waals surface area contributed by atoms with Crippen LogP contribution in [0.25, 0.3) is 0 Å². The van der Waals surface area contributed by atoms with Crippen LogP contribution < -0.4 is 10.6 Å². The van der Waals surface area contributed by atoms with Crippen molar-refractivity contribution in [3.05, 3.63) is 0 Å². The number of hydrogen-bond acceptors (Lipinski definition) is 3. The summed E-state index contributed by atoms with van der Waals surface area (Å²) >= 11 is 0. The van der Waals surface area contributed by atoms with Crippen LogP contribution in [-0.2, 0) is 4.79 Å². The van der Waals surface area contributed by atoms with Crippen molar-refractivity contribution in [1.29, 1.82) is 0 Å². The lowest BCUT2D eigenvalue weighted by molar-refractivity contribution is -0.125. The number of amides is 1. The van der Waals surface area contributed by atoms with E-state index >= 15 is 0 Å². The number of carbonyl (C=O) groups excluding carboxylic acids is 1. The molecule has 112 valence electrons. The Balaban J connectivity index is 2.25. The van der Waals surface area contributed by atoms with Crippen molar-refractivity contribution >= 4 is 5.91 Å². The van der Waals surface area contributed by atoms with Gasteiger partial charge in [-0.15, -0.1) is 0 Å². The van der Waals surface area contributed by atoms with Gasteiger partial charge >= 0.3 is 0 Å². The molecule has 2 unspecified atom stereocenters. The largest absolute Gasteiger partial charge is 0.355 e. The van der Waals surface area contributed by atoms with Gasteiger partial charge in [-0.2, -0.15) is 0 Å². The molecule has 0 aromatic rings. The SMILES string of the molecule is CC(C)CCNC(=O)C(C)N(C)CC1CCCNC1. The van der Waals surface area contributed by atoms with Crippen LogP contribution in [0.3, 0.4) is 0 Å². The fourth-order valence-corrected chi connectivity index (χ4v) is 2.48. The van der Waals surface area contributed by atoms with E-state index in [1.165, 1.54) is 12.8 Å². The van der Waals surface area contributed by atoms with Crippen molar-refractivity contribution in [3.63, 3.8) is 0 Å². The minimum atomic E-state index is -0.0333. The molecule has 0 bridgehead atoms. The van der Waals surface area contributed by atoms with Crippen molar-refractivity contribution in [3.8, 4) is 0 Å². The third-order valence-electron chi connectivity index (χ3n) is 4.01. The van der Waals surface area contributed by atoms with Crippen molar-refractivity contribution in [2.24, 2.45) is 11.8 Å². The highest BCUT2D eigenvalue weighted by Crippen LogP contribution is 2.12. The van der Waals surface area contributed by atoms with Gasteiger partial charge in [0.2, 0.25) is 5.91 Å². The van der Waals surface area contributed by atoms with E-state index < -0.39 is 0 Å². The topological polar surface area (TPSA) is 44.4 Å². The maximum absolute atomic E-state index is 12.0. The summed E-state index contributed by atoms with van der Waals surface area (Å²) in [7, 11) is 2.06. The Morgan fingerprint density at radius 2 is 2.16 bits per heavy atom. The lowest BCUT2D eigenvalue weighted by Crippen LogP contribution is -2.47. The first-order valence-corrected chi connectivity index (χ1v) is 7.69. The number of piperidine rings is 1. The Bertz CT molecular complexity index is 262. The maximum atomic E-state index is 12.0. The highest BCUT2D eigenvalue weighted by Gasteiger charge is 2.21. The molecule has 1 aliphatic heterocycles. The molecule has 1 fully saturated rings. The molecule has 2 N–H and O–H groups in total. The summed E-state index contributed by atoms with van der Waals surface area (Å²) in [4.78, 5) is 14.2. The second-order valence-electron chi connectivity index (χ2n) is 6.30. The Morgan fingerprint density at radius 1 is 1.42 bits per heavy atom. The molecule has 2 atom stereocenters. The van der Waals surface area contributed by atoms with E-state index in [4.69, 9.17) is 0 Å². The highest BCUT2D eigenvalue weighted by atomic mass is 16.2. The van der Waals surface area contributed by atoms with Crippen molar-refractivity contribution < 1.29 is 4.79 Å². The predicted octanol–water partition coefficient (Wildman–Crippen LogP) is 1.47. The van der Waals surface area contributed by atoms with Crippen molar-refractivity contribution in [2.75, 3.05) is 33.2 Å². The monoisotopic (exact) mass is 269 g/mol. The Kier molecular flexibility index (Phi) is 7.39. The summed E-state index contributed by atoms with van der Waals surface area (Å²) in [5.41, 5.74) is 0. The number of hydrogen-bond donors (Lipinski definition) is 2. The van der Waals surface area contributed by atoms with E-state index in [9.17, 15) is 4.79 Å². The van der Waals surface area contributed by atoms with Gasteiger partial charge in [-0.25, -0.2) is 0 Å². The van der Waals surface area contributed by atoms with Crippen LogP contribution in [0.5, 0.6) is 0 Å². The molecule has 0 aromatic heterocycles. The first-order valence-electron chi connectivity index (χ1n) is 7.69. The van der Waals surface area contributed by atoms with E-state index in [0.29, 0.717) is 11.8 Å². The molecule has 0 spiro atoms. The quantitative estimate of drug-likeness (QED) is 0.735. The van der Waals surface area contributed by atoms with E-state index in [1.807, 2.05) is 6.92 Å². The molecule has 1 saturated heterocycles. The zero-order valence-electron chi connectivity index (χ0n) is 13.0. The molecule has 1 heterocycles. The lowest BCUT2D eigenvalue weighted by atomic mass is 9.98. The number of nitrogens with zero attached hydrogens (tertiary/aromatic N) is 1.